The van der Waals surface area contributed by atoms with E-state index in [1.54, 1.807) is 0 Å². The number of unbranched alkanes of at least 4 members (excludes halogenated alkanes) is 1. The summed E-state index contributed by atoms with van der Waals surface area (Å²) >= 11 is 1.20. The van der Waals surface area contributed by atoms with Gasteiger partial charge in [-0.2, -0.15) is 0 Å². The number of quaternary nitrogens is 1. The number of rotatable bonds is 8. The van der Waals surface area contributed by atoms with Gasteiger partial charge in [-0.15, -0.1) is 0 Å². The van der Waals surface area contributed by atoms with E-state index in [1.807, 2.05) is 11.9 Å². The molecule has 2 atom stereocenters. The molecule has 1 saturated heterocycles. The lowest BCUT2D eigenvalue weighted by Gasteiger charge is -2.39. The zero-order valence-corrected chi connectivity index (χ0v) is 13.3. The minimum absolute atomic E-state index is 0.00170. The third-order valence-electron chi connectivity index (χ3n) is 3.37. The van der Waals surface area contributed by atoms with Crippen molar-refractivity contribution in [2.45, 2.75) is 25.9 Å². The highest BCUT2D eigenvalue weighted by Gasteiger charge is 2.42. The van der Waals surface area contributed by atoms with Crippen LogP contribution in [0.15, 0.2) is 0 Å². The molecule has 120 valence electrons. The lowest BCUT2D eigenvalue weighted by Crippen LogP contribution is -2.56. The van der Waals surface area contributed by atoms with Crippen LogP contribution in [0.3, 0.4) is 0 Å². The molecule has 1 aliphatic rings. The average Bonchev–Trinajstić information content (AvgIpc) is 3.03. The Balaban J connectivity index is 2.06. The molecule has 8 nitrogen and oxygen atoms in total. The Hall–Kier alpha value is -0.840. The first-order chi connectivity index (χ1) is 10.1. The number of aromatic nitrogens is 2. The molecule has 1 aromatic heterocycles. The second kappa shape index (κ2) is 7.43. The Bertz CT molecular complexity index is 446. The normalized spacial score (nSPS) is 26.4. The molecule has 9 heteroatoms. The molecule has 21 heavy (non-hydrogen) atoms. The Morgan fingerprint density at radius 3 is 3.10 bits per heavy atom. The van der Waals surface area contributed by atoms with Crippen LogP contribution in [-0.4, -0.2) is 66.4 Å². The van der Waals surface area contributed by atoms with Gasteiger partial charge < -0.3 is 15.1 Å². The number of aliphatic hydroxyl groups excluding tert-OH is 1. The monoisotopic (exact) mass is 317 g/mol. The summed E-state index contributed by atoms with van der Waals surface area (Å²) in [6.45, 7) is 3.99. The van der Waals surface area contributed by atoms with Gasteiger partial charge in [-0.05, 0) is 13.5 Å². The maximum absolute atomic E-state index is 13.1. The maximum atomic E-state index is 13.1. The maximum Gasteiger partial charge on any atom is 0.312 e. The first-order valence-corrected chi connectivity index (χ1v) is 8.00. The summed E-state index contributed by atoms with van der Waals surface area (Å²) in [5.41, 5.74) is 0. The first-order valence-electron chi connectivity index (χ1n) is 7.18. The van der Waals surface area contributed by atoms with Crippen molar-refractivity contribution in [3.63, 3.8) is 0 Å². The minimum Gasteiger partial charge on any atom is -0.623 e. The molecule has 1 aromatic rings. The summed E-state index contributed by atoms with van der Waals surface area (Å²) in [6, 6.07) is 0. The van der Waals surface area contributed by atoms with E-state index in [0.29, 0.717) is 36.7 Å². The predicted molar refractivity (Wildman–Crippen MR) is 81.8 cm³/mol. The zero-order chi connectivity index (χ0) is 15.3. The Kier molecular flexibility index (Phi) is 5.85. The molecule has 2 unspecified atom stereocenters. The number of hydroxylamine groups is 2. The van der Waals surface area contributed by atoms with Crippen LogP contribution in [0.2, 0.25) is 0 Å². The Morgan fingerprint density at radius 1 is 1.57 bits per heavy atom. The van der Waals surface area contributed by atoms with Crippen LogP contribution in [0, 0.1) is 5.21 Å². The molecule has 1 aliphatic heterocycles. The number of aliphatic hydroxyl groups is 1. The highest BCUT2D eigenvalue weighted by molar-refractivity contribution is 7.16. The van der Waals surface area contributed by atoms with Gasteiger partial charge in [0.1, 0.15) is 6.67 Å². The number of nitrogens with zero attached hydrogens (tertiary/aromatic N) is 4. The molecule has 0 aliphatic carbocycles. The summed E-state index contributed by atoms with van der Waals surface area (Å²) in [5, 5.41) is 33.9. The minimum atomic E-state index is -0.592. The van der Waals surface area contributed by atoms with E-state index in [2.05, 4.69) is 22.4 Å². The number of hydrogen-bond donors (Lipinski definition) is 2. The molecule has 0 saturated carbocycles. The summed E-state index contributed by atoms with van der Waals surface area (Å²) in [4.78, 5) is 1.95. The van der Waals surface area contributed by atoms with E-state index >= 15 is 0 Å². The highest BCUT2D eigenvalue weighted by Crippen LogP contribution is 2.35. The molecule has 0 bridgehead atoms. The molecule has 0 radical (unpaired) electrons. The van der Waals surface area contributed by atoms with E-state index in [1.165, 1.54) is 11.3 Å². The van der Waals surface area contributed by atoms with Gasteiger partial charge in [-0.1, -0.05) is 23.5 Å². The molecule has 0 spiro atoms. The Labute approximate surface area is 128 Å². The largest absolute Gasteiger partial charge is 0.623 e. The van der Waals surface area contributed by atoms with Gasteiger partial charge in [0, 0.05) is 17.9 Å². The van der Waals surface area contributed by atoms with Crippen LogP contribution in [0.1, 0.15) is 19.8 Å². The smallest absolute Gasteiger partial charge is 0.312 e. The van der Waals surface area contributed by atoms with Gasteiger partial charge in [0.05, 0.1) is 19.8 Å². The van der Waals surface area contributed by atoms with Crippen molar-refractivity contribution >= 4 is 16.5 Å². The molecule has 0 aromatic carbocycles. The van der Waals surface area contributed by atoms with Gasteiger partial charge in [0.2, 0.25) is 0 Å². The summed E-state index contributed by atoms with van der Waals surface area (Å²) in [7, 11) is 1.89. The van der Waals surface area contributed by atoms with Crippen LogP contribution in [0.5, 0.6) is 5.19 Å². The fourth-order valence-corrected chi connectivity index (χ4v) is 3.10. The molecular formula is C12H23N5O3S. The molecule has 2 rings (SSSR count). The van der Waals surface area contributed by atoms with Crippen LogP contribution in [-0.2, 0) is 0 Å². The van der Waals surface area contributed by atoms with E-state index < -0.39 is 4.65 Å². The molecular weight excluding hydrogens is 294 g/mol. The summed E-state index contributed by atoms with van der Waals surface area (Å²) in [6.07, 6.45) is 1.65. The van der Waals surface area contributed by atoms with Gasteiger partial charge >= 0.3 is 5.13 Å². The van der Waals surface area contributed by atoms with Crippen molar-refractivity contribution in [2.24, 2.45) is 0 Å². The summed E-state index contributed by atoms with van der Waals surface area (Å²) in [5.74, 6) is 0. The lowest BCUT2D eigenvalue weighted by molar-refractivity contribution is 0.248. The zero-order valence-electron chi connectivity index (χ0n) is 12.5. The van der Waals surface area contributed by atoms with E-state index in [9.17, 15) is 5.21 Å². The second-order valence-electron chi connectivity index (χ2n) is 5.22. The summed E-state index contributed by atoms with van der Waals surface area (Å²) < 4.78 is 4.90. The molecule has 2 N–H and O–H groups in total. The van der Waals surface area contributed by atoms with Crippen LogP contribution >= 0.6 is 11.3 Å². The van der Waals surface area contributed by atoms with Gasteiger partial charge in [-0.25, -0.2) is 0 Å². The number of hydrogen-bond acceptors (Lipinski definition) is 8. The van der Waals surface area contributed by atoms with Crippen molar-refractivity contribution in [3.05, 3.63) is 5.21 Å². The molecule has 1 fully saturated rings. The first kappa shape index (κ1) is 16.5. The lowest BCUT2D eigenvalue weighted by atomic mass is 10.4. The third kappa shape index (κ3) is 3.87. The molecule has 2 heterocycles. The van der Waals surface area contributed by atoms with Gasteiger partial charge in [-0.3, -0.25) is 14.9 Å². The van der Waals surface area contributed by atoms with Gasteiger partial charge in [0.15, 0.2) is 6.17 Å². The SMILES string of the molecule is CCCCOc1nnc([N+]2([O-])CN(C)CC2NCCO)s1. The van der Waals surface area contributed by atoms with Crippen LogP contribution in [0.25, 0.3) is 0 Å². The average molecular weight is 317 g/mol. The topological polar surface area (TPSA) is 93.6 Å². The van der Waals surface area contributed by atoms with Crippen molar-refractivity contribution in [1.29, 1.82) is 0 Å². The van der Waals surface area contributed by atoms with E-state index in [-0.39, 0.29) is 12.8 Å². The van der Waals surface area contributed by atoms with Gasteiger partial charge in [0.25, 0.3) is 5.19 Å². The number of likely N-dealkylation sites (N-methyl/N-ethyl adjacent to an activating group) is 1. The van der Waals surface area contributed by atoms with Crippen molar-refractivity contribution in [3.8, 4) is 5.19 Å². The van der Waals surface area contributed by atoms with Crippen molar-refractivity contribution in [1.82, 2.24) is 25.1 Å². The standard InChI is InChI=1S/C12H23N5O3S/c1-3-4-7-20-12-15-14-11(21-12)17(19)9-16(2)8-10(17)13-5-6-18/h10,13,18H,3-9H2,1-2H3. The second-order valence-corrected chi connectivity index (χ2v) is 6.14. The fraction of sp³-hybridized carbons (Fsp3) is 0.833. The van der Waals surface area contributed by atoms with Crippen LogP contribution < -0.4 is 14.7 Å². The highest BCUT2D eigenvalue weighted by atomic mass is 32.1. The van der Waals surface area contributed by atoms with Crippen molar-refractivity contribution < 1.29 is 9.84 Å². The molecule has 0 amide bonds. The van der Waals surface area contributed by atoms with E-state index in [0.717, 1.165) is 12.8 Å². The van der Waals surface area contributed by atoms with Crippen LogP contribution in [0.4, 0.5) is 5.13 Å². The fourth-order valence-electron chi connectivity index (χ4n) is 2.30. The predicted octanol–water partition coefficient (Wildman–Crippen LogP) is 0.333. The number of nitrogens with one attached hydrogen (secondary N) is 1. The van der Waals surface area contributed by atoms with E-state index in [4.69, 9.17) is 9.84 Å². The quantitative estimate of drug-likeness (QED) is 0.405. The van der Waals surface area contributed by atoms with Crippen molar-refractivity contribution in [2.75, 3.05) is 40.0 Å². The third-order valence-corrected chi connectivity index (χ3v) is 4.32. The Morgan fingerprint density at radius 2 is 2.38 bits per heavy atom. The number of ether oxygens (including phenoxy) is 1.